The second kappa shape index (κ2) is 5.41. The molecule has 0 bridgehead atoms. The molecule has 4 nitrogen and oxygen atoms in total. The number of hydrogen-bond donors (Lipinski definition) is 1. The second-order valence-corrected chi connectivity index (χ2v) is 4.12. The summed E-state index contributed by atoms with van der Waals surface area (Å²) < 4.78 is 0. The van der Waals surface area contributed by atoms with Gasteiger partial charge in [-0.05, 0) is 36.4 Å². The first kappa shape index (κ1) is 11.5. The van der Waals surface area contributed by atoms with E-state index in [1.807, 2.05) is 24.4 Å². The van der Waals surface area contributed by atoms with Crippen LogP contribution < -0.4 is 5.73 Å². The number of aromatic nitrogens is 2. The SMILES string of the molecule is CN(Cc1cccnc1)Cc1ccnc(N)c1. The third-order valence-electron chi connectivity index (χ3n) is 2.47. The Morgan fingerprint density at radius 3 is 2.71 bits per heavy atom. The van der Waals surface area contributed by atoms with Crippen LogP contribution in [0.25, 0.3) is 0 Å². The van der Waals surface area contributed by atoms with Gasteiger partial charge in [0.15, 0.2) is 0 Å². The van der Waals surface area contributed by atoms with Gasteiger partial charge in [-0.3, -0.25) is 9.88 Å². The molecule has 0 fully saturated rings. The van der Waals surface area contributed by atoms with Gasteiger partial charge < -0.3 is 5.73 Å². The lowest BCUT2D eigenvalue weighted by Crippen LogP contribution is -2.17. The number of pyridine rings is 2. The summed E-state index contributed by atoms with van der Waals surface area (Å²) in [4.78, 5) is 10.3. The molecule has 0 unspecified atom stereocenters. The second-order valence-electron chi connectivity index (χ2n) is 4.12. The van der Waals surface area contributed by atoms with E-state index in [9.17, 15) is 0 Å². The molecular formula is C13H16N4. The Morgan fingerprint density at radius 1 is 1.18 bits per heavy atom. The monoisotopic (exact) mass is 228 g/mol. The highest BCUT2D eigenvalue weighted by atomic mass is 15.1. The Balaban J connectivity index is 1.96. The fraction of sp³-hybridized carbons (Fsp3) is 0.231. The molecule has 0 radical (unpaired) electrons. The minimum absolute atomic E-state index is 0.567. The first-order valence-electron chi connectivity index (χ1n) is 5.52. The average Bonchev–Trinajstić information content (AvgIpc) is 2.30. The molecule has 2 aromatic rings. The summed E-state index contributed by atoms with van der Waals surface area (Å²) in [6.45, 7) is 1.72. The van der Waals surface area contributed by atoms with Crippen molar-refractivity contribution >= 4 is 5.82 Å². The van der Waals surface area contributed by atoms with Crippen LogP contribution in [0.3, 0.4) is 0 Å². The molecule has 0 spiro atoms. The van der Waals surface area contributed by atoms with E-state index in [0.29, 0.717) is 5.82 Å². The zero-order valence-corrected chi connectivity index (χ0v) is 9.87. The van der Waals surface area contributed by atoms with E-state index in [-0.39, 0.29) is 0 Å². The molecule has 0 aliphatic heterocycles. The standard InChI is InChI=1S/C13H16N4/c1-17(10-12-3-2-5-15-8-12)9-11-4-6-16-13(14)7-11/h2-8H,9-10H2,1H3,(H2,14,16). The van der Waals surface area contributed by atoms with E-state index in [4.69, 9.17) is 5.73 Å². The van der Waals surface area contributed by atoms with Gasteiger partial charge in [0, 0.05) is 31.7 Å². The summed E-state index contributed by atoms with van der Waals surface area (Å²) >= 11 is 0. The molecule has 2 heterocycles. The van der Waals surface area contributed by atoms with Crippen molar-refractivity contribution in [3.63, 3.8) is 0 Å². The molecule has 0 aromatic carbocycles. The van der Waals surface area contributed by atoms with Gasteiger partial charge in [0.25, 0.3) is 0 Å². The summed E-state index contributed by atoms with van der Waals surface area (Å²) in [5.74, 6) is 0.567. The first-order valence-corrected chi connectivity index (χ1v) is 5.52. The van der Waals surface area contributed by atoms with Gasteiger partial charge in [0.05, 0.1) is 0 Å². The highest BCUT2D eigenvalue weighted by Gasteiger charge is 2.02. The zero-order valence-electron chi connectivity index (χ0n) is 9.87. The highest BCUT2D eigenvalue weighted by Crippen LogP contribution is 2.08. The van der Waals surface area contributed by atoms with Gasteiger partial charge in [-0.25, -0.2) is 4.98 Å². The molecule has 17 heavy (non-hydrogen) atoms. The van der Waals surface area contributed by atoms with Crippen molar-refractivity contribution in [1.82, 2.24) is 14.9 Å². The van der Waals surface area contributed by atoms with Crippen molar-refractivity contribution in [2.24, 2.45) is 0 Å². The first-order chi connectivity index (χ1) is 8.24. The van der Waals surface area contributed by atoms with Crippen molar-refractivity contribution in [3.8, 4) is 0 Å². The predicted octanol–water partition coefficient (Wildman–Crippen LogP) is 1.69. The number of rotatable bonds is 4. The Kier molecular flexibility index (Phi) is 3.67. The van der Waals surface area contributed by atoms with Crippen LogP contribution in [0.4, 0.5) is 5.82 Å². The summed E-state index contributed by atoms with van der Waals surface area (Å²) in [5, 5.41) is 0. The van der Waals surface area contributed by atoms with Crippen LogP contribution in [0.15, 0.2) is 42.9 Å². The summed E-state index contributed by atoms with van der Waals surface area (Å²) in [7, 11) is 2.07. The molecule has 88 valence electrons. The fourth-order valence-electron chi connectivity index (χ4n) is 1.76. The maximum absolute atomic E-state index is 5.65. The molecule has 0 saturated heterocycles. The molecule has 2 aromatic heterocycles. The van der Waals surface area contributed by atoms with Crippen LogP contribution in [0, 0.1) is 0 Å². The fourth-order valence-corrected chi connectivity index (χ4v) is 1.76. The quantitative estimate of drug-likeness (QED) is 0.865. The van der Waals surface area contributed by atoms with Crippen molar-refractivity contribution in [2.75, 3.05) is 12.8 Å². The average molecular weight is 228 g/mol. The van der Waals surface area contributed by atoms with Crippen molar-refractivity contribution in [1.29, 1.82) is 0 Å². The minimum Gasteiger partial charge on any atom is -0.384 e. The Hall–Kier alpha value is -1.94. The van der Waals surface area contributed by atoms with Crippen molar-refractivity contribution in [3.05, 3.63) is 54.0 Å². The molecular weight excluding hydrogens is 212 g/mol. The topological polar surface area (TPSA) is 55.0 Å². The van der Waals surface area contributed by atoms with Gasteiger partial charge in [0.1, 0.15) is 5.82 Å². The predicted molar refractivity (Wildman–Crippen MR) is 68.1 cm³/mol. The van der Waals surface area contributed by atoms with Crippen LogP contribution in [-0.4, -0.2) is 21.9 Å². The maximum Gasteiger partial charge on any atom is 0.123 e. The van der Waals surface area contributed by atoms with Crippen LogP contribution >= 0.6 is 0 Å². The normalized spacial score (nSPS) is 10.7. The van der Waals surface area contributed by atoms with E-state index >= 15 is 0 Å². The highest BCUT2D eigenvalue weighted by molar-refractivity contribution is 5.31. The van der Waals surface area contributed by atoms with Crippen molar-refractivity contribution < 1.29 is 0 Å². The number of nitrogens with two attached hydrogens (primary N) is 1. The minimum atomic E-state index is 0.567. The molecule has 4 heteroatoms. The number of anilines is 1. The lowest BCUT2D eigenvalue weighted by molar-refractivity contribution is 0.318. The molecule has 0 atom stereocenters. The lowest BCUT2D eigenvalue weighted by Gasteiger charge is -2.16. The van der Waals surface area contributed by atoms with Gasteiger partial charge in [-0.15, -0.1) is 0 Å². The largest absolute Gasteiger partial charge is 0.384 e. The number of nitrogen functional groups attached to an aromatic ring is 1. The third kappa shape index (κ3) is 3.53. The summed E-state index contributed by atoms with van der Waals surface area (Å²) in [6.07, 6.45) is 5.41. The van der Waals surface area contributed by atoms with Crippen LogP contribution in [0.2, 0.25) is 0 Å². The maximum atomic E-state index is 5.65. The van der Waals surface area contributed by atoms with E-state index in [1.54, 1.807) is 12.4 Å². The zero-order chi connectivity index (χ0) is 12.1. The third-order valence-corrected chi connectivity index (χ3v) is 2.47. The number of nitrogens with zero attached hydrogens (tertiary/aromatic N) is 3. The van der Waals surface area contributed by atoms with Crippen LogP contribution in [0.1, 0.15) is 11.1 Å². The smallest absolute Gasteiger partial charge is 0.123 e. The Morgan fingerprint density at radius 2 is 2.00 bits per heavy atom. The van der Waals surface area contributed by atoms with Crippen molar-refractivity contribution in [2.45, 2.75) is 13.1 Å². The summed E-state index contributed by atoms with van der Waals surface area (Å²) in [5.41, 5.74) is 8.02. The van der Waals surface area contributed by atoms with E-state index in [1.165, 1.54) is 11.1 Å². The van der Waals surface area contributed by atoms with Crippen LogP contribution in [0.5, 0.6) is 0 Å². The van der Waals surface area contributed by atoms with Gasteiger partial charge in [-0.1, -0.05) is 6.07 Å². The van der Waals surface area contributed by atoms with E-state index in [2.05, 4.69) is 28.0 Å². The summed E-state index contributed by atoms with van der Waals surface area (Å²) in [6, 6.07) is 7.91. The Labute approximate surface area is 101 Å². The van der Waals surface area contributed by atoms with Gasteiger partial charge in [0.2, 0.25) is 0 Å². The molecule has 2 N–H and O–H groups in total. The van der Waals surface area contributed by atoms with Gasteiger partial charge >= 0.3 is 0 Å². The van der Waals surface area contributed by atoms with Crippen LogP contribution in [-0.2, 0) is 13.1 Å². The molecule has 2 rings (SSSR count). The van der Waals surface area contributed by atoms with Gasteiger partial charge in [-0.2, -0.15) is 0 Å². The van der Waals surface area contributed by atoms with E-state index < -0.39 is 0 Å². The Bertz CT molecular complexity index is 470. The molecule has 0 aliphatic carbocycles. The van der Waals surface area contributed by atoms with E-state index in [0.717, 1.165) is 13.1 Å². The molecule has 0 aliphatic rings. The molecule has 0 amide bonds. The lowest BCUT2D eigenvalue weighted by atomic mass is 10.2. The number of hydrogen-bond acceptors (Lipinski definition) is 4. The molecule has 0 saturated carbocycles.